The Morgan fingerprint density at radius 3 is 2.50 bits per heavy atom. The molecule has 0 heterocycles. The largest absolute Gasteiger partial charge is 0.396 e. The van der Waals surface area contributed by atoms with Gasteiger partial charge in [-0.05, 0) is 42.5 Å². The summed E-state index contributed by atoms with van der Waals surface area (Å²) in [6, 6.07) is 5.47. The normalized spacial score (nSPS) is 11.3. The van der Waals surface area contributed by atoms with Crippen LogP contribution in [0.4, 0.5) is 4.39 Å². The fraction of sp³-hybridized carbons (Fsp3) is 0.500. The van der Waals surface area contributed by atoms with Crippen molar-refractivity contribution in [3.8, 4) is 0 Å². The van der Waals surface area contributed by atoms with Crippen LogP contribution in [-0.4, -0.2) is 24.2 Å². The van der Waals surface area contributed by atoms with Crippen LogP contribution >= 0.6 is 0 Å². The molecule has 3 nitrogen and oxygen atoms in total. The predicted octanol–water partition coefficient (Wildman–Crippen LogP) is 2.35. The zero-order chi connectivity index (χ0) is 13.6. The molecule has 4 heteroatoms. The Bertz CT molecular complexity index is 387. The molecule has 0 saturated heterocycles. The summed E-state index contributed by atoms with van der Waals surface area (Å²) in [5, 5.41) is 11.6. The maximum atomic E-state index is 12.7. The summed E-state index contributed by atoms with van der Waals surface area (Å²) in [7, 11) is 0. The molecule has 0 spiro atoms. The summed E-state index contributed by atoms with van der Waals surface area (Å²) in [5.41, 5.74) is 0.396. The lowest BCUT2D eigenvalue weighted by Crippen LogP contribution is -2.34. The second-order valence-corrected chi connectivity index (χ2v) is 5.18. The van der Waals surface area contributed by atoms with Crippen LogP contribution in [-0.2, 0) is 0 Å². The fourth-order valence-corrected chi connectivity index (χ4v) is 1.67. The third kappa shape index (κ3) is 4.84. The summed E-state index contributed by atoms with van der Waals surface area (Å²) < 4.78 is 12.7. The topological polar surface area (TPSA) is 49.3 Å². The number of carbonyl (C=O) groups excluding carboxylic acids is 1. The molecule has 100 valence electrons. The van der Waals surface area contributed by atoms with Crippen LogP contribution in [0.5, 0.6) is 0 Å². The number of halogens is 1. The first-order valence-corrected chi connectivity index (χ1v) is 6.09. The Hall–Kier alpha value is -1.42. The maximum Gasteiger partial charge on any atom is 0.251 e. The predicted molar refractivity (Wildman–Crippen MR) is 68.8 cm³/mol. The van der Waals surface area contributed by atoms with Gasteiger partial charge in [-0.3, -0.25) is 4.79 Å². The van der Waals surface area contributed by atoms with Crippen LogP contribution in [0.2, 0.25) is 0 Å². The quantitative estimate of drug-likeness (QED) is 0.817. The van der Waals surface area contributed by atoms with Crippen LogP contribution < -0.4 is 5.32 Å². The van der Waals surface area contributed by atoms with Crippen LogP contribution in [0.3, 0.4) is 0 Å². The van der Waals surface area contributed by atoms with Gasteiger partial charge < -0.3 is 10.4 Å². The van der Waals surface area contributed by atoms with Crippen molar-refractivity contribution in [3.63, 3.8) is 0 Å². The van der Waals surface area contributed by atoms with Crippen molar-refractivity contribution in [2.45, 2.75) is 26.7 Å². The number of nitrogens with one attached hydrogen (secondary N) is 1. The molecule has 0 fully saturated rings. The SMILES string of the molecule is CC(C)(CCCO)CNC(=O)c1ccc(F)cc1. The molecular formula is C14H20FNO2. The second-order valence-electron chi connectivity index (χ2n) is 5.18. The zero-order valence-corrected chi connectivity index (χ0v) is 10.9. The molecule has 18 heavy (non-hydrogen) atoms. The van der Waals surface area contributed by atoms with Crippen LogP contribution in [0.15, 0.2) is 24.3 Å². The average molecular weight is 253 g/mol. The fourth-order valence-electron chi connectivity index (χ4n) is 1.67. The number of benzene rings is 1. The number of aliphatic hydroxyl groups excluding tert-OH is 1. The van der Waals surface area contributed by atoms with E-state index < -0.39 is 0 Å². The molecular weight excluding hydrogens is 233 g/mol. The minimum atomic E-state index is -0.352. The molecule has 0 aliphatic heterocycles. The van der Waals surface area contributed by atoms with Gasteiger partial charge in [-0.15, -0.1) is 0 Å². The lowest BCUT2D eigenvalue weighted by molar-refractivity contribution is 0.0933. The second kappa shape index (κ2) is 6.50. The van der Waals surface area contributed by atoms with E-state index in [0.29, 0.717) is 12.1 Å². The van der Waals surface area contributed by atoms with E-state index in [1.54, 1.807) is 0 Å². The summed E-state index contributed by atoms with van der Waals surface area (Å²) >= 11 is 0. The van der Waals surface area contributed by atoms with Crippen molar-refractivity contribution in [1.29, 1.82) is 0 Å². The van der Waals surface area contributed by atoms with Crippen molar-refractivity contribution in [2.75, 3.05) is 13.2 Å². The van der Waals surface area contributed by atoms with Gasteiger partial charge in [-0.1, -0.05) is 13.8 Å². The van der Waals surface area contributed by atoms with E-state index in [0.717, 1.165) is 12.8 Å². The molecule has 1 rings (SSSR count). The van der Waals surface area contributed by atoms with Gasteiger partial charge in [-0.25, -0.2) is 4.39 Å². The standard InChI is InChI=1S/C14H20FNO2/c1-14(2,8-3-9-17)10-16-13(18)11-4-6-12(15)7-5-11/h4-7,17H,3,8-10H2,1-2H3,(H,16,18). The third-order valence-electron chi connectivity index (χ3n) is 2.85. The van der Waals surface area contributed by atoms with Crippen molar-refractivity contribution in [2.24, 2.45) is 5.41 Å². The minimum absolute atomic E-state index is 0.0571. The molecule has 0 atom stereocenters. The maximum absolute atomic E-state index is 12.7. The van der Waals surface area contributed by atoms with Crippen LogP contribution in [0.25, 0.3) is 0 Å². The Balaban J connectivity index is 2.48. The summed E-state index contributed by atoms with van der Waals surface area (Å²) in [5.74, 6) is -0.554. The van der Waals surface area contributed by atoms with Crippen LogP contribution in [0, 0.1) is 11.2 Å². The highest BCUT2D eigenvalue weighted by atomic mass is 19.1. The smallest absolute Gasteiger partial charge is 0.251 e. The monoisotopic (exact) mass is 253 g/mol. The lowest BCUT2D eigenvalue weighted by Gasteiger charge is -2.24. The first-order chi connectivity index (χ1) is 8.44. The highest BCUT2D eigenvalue weighted by molar-refractivity contribution is 5.94. The van der Waals surface area contributed by atoms with Gasteiger partial charge in [0.25, 0.3) is 5.91 Å². The van der Waals surface area contributed by atoms with Gasteiger partial charge in [0, 0.05) is 18.7 Å². The van der Waals surface area contributed by atoms with Gasteiger partial charge >= 0.3 is 0 Å². The summed E-state index contributed by atoms with van der Waals surface area (Å²) in [6.45, 7) is 4.76. The average Bonchev–Trinajstić information content (AvgIpc) is 2.35. The van der Waals surface area contributed by atoms with Crippen molar-refractivity contribution >= 4 is 5.91 Å². The number of rotatable bonds is 6. The summed E-state index contributed by atoms with van der Waals surface area (Å²) in [6.07, 6.45) is 1.56. The van der Waals surface area contributed by atoms with E-state index >= 15 is 0 Å². The number of carbonyl (C=O) groups is 1. The van der Waals surface area contributed by atoms with Gasteiger partial charge in [-0.2, -0.15) is 0 Å². The third-order valence-corrected chi connectivity index (χ3v) is 2.85. The minimum Gasteiger partial charge on any atom is -0.396 e. The van der Waals surface area contributed by atoms with E-state index in [2.05, 4.69) is 5.32 Å². The van der Waals surface area contributed by atoms with Crippen molar-refractivity contribution in [3.05, 3.63) is 35.6 Å². The van der Waals surface area contributed by atoms with Gasteiger partial charge in [0.1, 0.15) is 5.82 Å². The first-order valence-electron chi connectivity index (χ1n) is 6.09. The number of amides is 1. The van der Waals surface area contributed by atoms with E-state index in [4.69, 9.17) is 5.11 Å². The Kier molecular flexibility index (Phi) is 5.28. The molecule has 1 aromatic rings. The zero-order valence-electron chi connectivity index (χ0n) is 10.9. The number of aliphatic hydroxyl groups is 1. The molecule has 0 bridgehead atoms. The molecule has 0 aliphatic rings. The molecule has 0 radical (unpaired) electrons. The number of hydrogen-bond donors (Lipinski definition) is 2. The Morgan fingerprint density at radius 1 is 1.33 bits per heavy atom. The lowest BCUT2D eigenvalue weighted by atomic mass is 9.88. The molecule has 0 aliphatic carbocycles. The van der Waals surface area contributed by atoms with E-state index in [1.165, 1.54) is 24.3 Å². The molecule has 2 N–H and O–H groups in total. The van der Waals surface area contributed by atoms with Crippen molar-refractivity contribution in [1.82, 2.24) is 5.32 Å². The van der Waals surface area contributed by atoms with E-state index in [-0.39, 0.29) is 23.7 Å². The first kappa shape index (κ1) is 14.6. The van der Waals surface area contributed by atoms with E-state index in [1.807, 2.05) is 13.8 Å². The summed E-state index contributed by atoms with van der Waals surface area (Å²) in [4.78, 5) is 11.8. The highest BCUT2D eigenvalue weighted by Gasteiger charge is 2.18. The van der Waals surface area contributed by atoms with Crippen molar-refractivity contribution < 1.29 is 14.3 Å². The van der Waals surface area contributed by atoms with Gasteiger partial charge in [0.15, 0.2) is 0 Å². The number of hydrogen-bond acceptors (Lipinski definition) is 2. The Morgan fingerprint density at radius 2 is 1.94 bits per heavy atom. The molecule has 0 aromatic heterocycles. The van der Waals surface area contributed by atoms with E-state index in [9.17, 15) is 9.18 Å². The Labute approximate surface area is 107 Å². The molecule has 1 amide bonds. The van der Waals surface area contributed by atoms with Crippen LogP contribution in [0.1, 0.15) is 37.0 Å². The van der Waals surface area contributed by atoms with Gasteiger partial charge in [0.2, 0.25) is 0 Å². The molecule has 0 saturated carbocycles. The van der Waals surface area contributed by atoms with Gasteiger partial charge in [0.05, 0.1) is 0 Å². The molecule has 1 aromatic carbocycles. The molecule has 0 unspecified atom stereocenters. The highest BCUT2D eigenvalue weighted by Crippen LogP contribution is 2.20.